The zero-order chi connectivity index (χ0) is 20.4. The first-order chi connectivity index (χ1) is 13.6. The van der Waals surface area contributed by atoms with E-state index >= 15 is 0 Å². The quantitative estimate of drug-likeness (QED) is 0.582. The molecule has 0 aliphatic carbocycles. The first-order valence-electron chi connectivity index (χ1n) is 9.14. The van der Waals surface area contributed by atoms with E-state index in [1.165, 1.54) is 11.8 Å². The van der Waals surface area contributed by atoms with E-state index in [1.807, 2.05) is 31.2 Å². The molecule has 0 spiro atoms. The summed E-state index contributed by atoms with van der Waals surface area (Å²) in [5.74, 6) is 0.226. The lowest BCUT2D eigenvalue weighted by molar-refractivity contribution is -0.121. The summed E-state index contributed by atoms with van der Waals surface area (Å²) in [5.41, 5.74) is 1.35. The normalized spacial score (nSPS) is 16.3. The van der Waals surface area contributed by atoms with Crippen molar-refractivity contribution in [3.63, 3.8) is 0 Å². The molecule has 1 aliphatic rings. The Hall–Kier alpha value is -2.50. The number of hydrogen-bond donors (Lipinski definition) is 2. The number of carbonyl (C=O) groups is 2. The summed E-state index contributed by atoms with van der Waals surface area (Å²) < 4.78 is 10.4. The van der Waals surface area contributed by atoms with Crippen molar-refractivity contribution in [3.05, 3.63) is 40.4 Å². The highest BCUT2D eigenvalue weighted by molar-refractivity contribution is 8.03. The fourth-order valence-electron chi connectivity index (χ4n) is 2.81. The van der Waals surface area contributed by atoms with Gasteiger partial charge in [0, 0.05) is 32.6 Å². The van der Waals surface area contributed by atoms with Gasteiger partial charge in [0.15, 0.2) is 0 Å². The molecule has 8 heteroatoms. The van der Waals surface area contributed by atoms with Crippen molar-refractivity contribution < 1.29 is 19.1 Å². The SMILES string of the molecule is CCOc1ccc([C@H]2CC(=O)NC(SCC(=O)NCCCOC)=C2C#N)cc1. The number of nitrogens with zero attached hydrogens (tertiary/aromatic N) is 1. The maximum atomic E-state index is 12.2. The van der Waals surface area contributed by atoms with Gasteiger partial charge in [-0.1, -0.05) is 23.9 Å². The van der Waals surface area contributed by atoms with Crippen molar-refractivity contribution in [2.75, 3.05) is 32.6 Å². The zero-order valence-electron chi connectivity index (χ0n) is 16.1. The zero-order valence-corrected chi connectivity index (χ0v) is 16.9. The van der Waals surface area contributed by atoms with E-state index in [0.717, 1.165) is 17.7 Å². The topological polar surface area (TPSA) is 100 Å². The van der Waals surface area contributed by atoms with Crippen molar-refractivity contribution in [1.82, 2.24) is 10.6 Å². The Morgan fingerprint density at radius 2 is 2.14 bits per heavy atom. The molecule has 7 nitrogen and oxygen atoms in total. The van der Waals surface area contributed by atoms with Crippen molar-refractivity contribution in [3.8, 4) is 11.8 Å². The van der Waals surface area contributed by atoms with Crippen molar-refractivity contribution in [2.24, 2.45) is 0 Å². The average Bonchev–Trinajstić information content (AvgIpc) is 2.70. The number of hydrogen-bond acceptors (Lipinski definition) is 6. The molecule has 2 N–H and O–H groups in total. The maximum Gasteiger partial charge on any atom is 0.230 e. The second kappa shape index (κ2) is 11.4. The number of nitriles is 1. The summed E-state index contributed by atoms with van der Waals surface area (Å²) in [6.45, 7) is 3.59. The van der Waals surface area contributed by atoms with Crippen LogP contribution in [0.2, 0.25) is 0 Å². The van der Waals surface area contributed by atoms with Crippen LogP contribution in [0, 0.1) is 11.3 Å². The molecule has 1 aromatic carbocycles. The molecule has 0 saturated carbocycles. The summed E-state index contributed by atoms with van der Waals surface area (Å²) in [6.07, 6.45) is 0.930. The monoisotopic (exact) mass is 403 g/mol. The predicted molar refractivity (Wildman–Crippen MR) is 108 cm³/mol. The van der Waals surface area contributed by atoms with Crippen LogP contribution < -0.4 is 15.4 Å². The third-order valence-electron chi connectivity index (χ3n) is 4.14. The summed E-state index contributed by atoms with van der Waals surface area (Å²) in [5, 5.41) is 15.6. The summed E-state index contributed by atoms with van der Waals surface area (Å²) in [4.78, 5) is 24.1. The van der Waals surface area contributed by atoms with Crippen molar-refractivity contribution in [2.45, 2.75) is 25.7 Å². The van der Waals surface area contributed by atoms with E-state index in [0.29, 0.717) is 30.4 Å². The highest BCUT2D eigenvalue weighted by Gasteiger charge is 2.29. The minimum atomic E-state index is -0.332. The van der Waals surface area contributed by atoms with Gasteiger partial charge >= 0.3 is 0 Å². The van der Waals surface area contributed by atoms with Crippen LogP contribution in [0.1, 0.15) is 31.2 Å². The van der Waals surface area contributed by atoms with Gasteiger partial charge in [-0.05, 0) is 31.0 Å². The molecular formula is C20H25N3O4S. The second-order valence-electron chi connectivity index (χ2n) is 6.15. The number of thioether (sulfide) groups is 1. The van der Waals surface area contributed by atoms with E-state index in [1.54, 1.807) is 7.11 Å². The molecule has 28 heavy (non-hydrogen) atoms. The van der Waals surface area contributed by atoms with Crippen LogP contribution in [-0.4, -0.2) is 44.4 Å². The summed E-state index contributed by atoms with van der Waals surface area (Å²) in [7, 11) is 1.61. The Labute approximate surface area is 169 Å². The molecule has 1 aromatic rings. The van der Waals surface area contributed by atoms with Gasteiger partial charge in [0.1, 0.15) is 5.75 Å². The van der Waals surface area contributed by atoms with Gasteiger partial charge in [-0.2, -0.15) is 5.26 Å². The van der Waals surface area contributed by atoms with Gasteiger partial charge in [-0.3, -0.25) is 9.59 Å². The van der Waals surface area contributed by atoms with Crippen LogP contribution in [-0.2, 0) is 14.3 Å². The van der Waals surface area contributed by atoms with Gasteiger partial charge in [-0.15, -0.1) is 0 Å². The maximum absolute atomic E-state index is 12.2. The number of benzene rings is 1. The summed E-state index contributed by atoms with van der Waals surface area (Å²) >= 11 is 1.17. The highest BCUT2D eigenvalue weighted by atomic mass is 32.2. The van der Waals surface area contributed by atoms with Crippen molar-refractivity contribution in [1.29, 1.82) is 5.26 Å². The van der Waals surface area contributed by atoms with Crippen LogP contribution in [0.25, 0.3) is 0 Å². The van der Waals surface area contributed by atoms with Crippen LogP contribution in [0.5, 0.6) is 5.75 Å². The van der Waals surface area contributed by atoms with Gasteiger partial charge in [0.25, 0.3) is 0 Å². The lowest BCUT2D eigenvalue weighted by atomic mass is 9.87. The van der Waals surface area contributed by atoms with Gasteiger partial charge in [-0.25, -0.2) is 0 Å². The molecule has 1 heterocycles. The van der Waals surface area contributed by atoms with Crippen LogP contribution in [0.4, 0.5) is 0 Å². The first kappa shape index (κ1) is 21.8. The highest BCUT2D eigenvalue weighted by Crippen LogP contribution is 2.36. The Kier molecular flexibility index (Phi) is 8.85. The molecule has 0 unspecified atom stereocenters. The van der Waals surface area contributed by atoms with E-state index < -0.39 is 0 Å². The third kappa shape index (κ3) is 6.29. The lowest BCUT2D eigenvalue weighted by Crippen LogP contribution is -2.32. The molecule has 0 saturated heterocycles. The van der Waals surface area contributed by atoms with E-state index in [4.69, 9.17) is 9.47 Å². The Morgan fingerprint density at radius 3 is 2.79 bits per heavy atom. The lowest BCUT2D eigenvalue weighted by Gasteiger charge is -2.25. The Bertz CT molecular complexity index is 756. The Balaban J connectivity index is 2.07. The van der Waals surface area contributed by atoms with E-state index in [2.05, 4.69) is 16.7 Å². The number of ether oxygens (including phenoxy) is 2. The van der Waals surface area contributed by atoms with Gasteiger partial charge in [0.2, 0.25) is 11.8 Å². The van der Waals surface area contributed by atoms with Gasteiger partial charge in [0.05, 0.1) is 29.0 Å². The number of rotatable bonds is 10. The van der Waals surface area contributed by atoms with E-state index in [-0.39, 0.29) is 29.9 Å². The summed E-state index contributed by atoms with van der Waals surface area (Å²) in [6, 6.07) is 9.62. The molecule has 150 valence electrons. The Morgan fingerprint density at radius 1 is 1.39 bits per heavy atom. The molecule has 0 aromatic heterocycles. The average molecular weight is 404 g/mol. The minimum Gasteiger partial charge on any atom is -0.494 e. The van der Waals surface area contributed by atoms with Crippen LogP contribution >= 0.6 is 11.8 Å². The molecule has 1 atom stereocenters. The number of nitrogens with one attached hydrogen (secondary N) is 2. The standard InChI is InChI=1S/C20H25N3O4S/c1-3-27-15-7-5-14(6-8-15)16-11-18(24)23-20(17(16)12-21)28-13-19(25)22-9-4-10-26-2/h5-8,16H,3-4,9-11,13H2,1-2H3,(H,22,25)(H,23,24)/t16-/m1/s1. The smallest absolute Gasteiger partial charge is 0.230 e. The van der Waals surface area contributed by atoms with Crippen LogP contribution in [0.15, 0.2) is 34.9 Å². The number of methoxy groups -OCH3 is 1. The largest absolute Gasteiger partial charge is 0.494 e. The molecule has 1 aliphatic heterocycles. The fourth-order valence-corrected chi connectivity index (χ4v) is 3.72. The predicted octanol–water partition coefficient (Wildman–Crippen LogP) is 2.31. The molecule has 0 bridgehead atoms. The van der Waals surface area contributed by atoms with Crippen molar-refractivity contribution >= 4 is 23.6 Å². The molecule has 2 rings (SSSR count). The fraction of sp³-hybridized carbons (Fsp3) is 0.450. The number of allylic oxidation sites excluding steroid dienone is 1. The molecule has 0 radical (unpaired) electrons. The van der Waals surface area contributed by atoms with E-state index in [9.17, 15) is 14.9 Å². The molecular weight excluding hydrogens is 378 g/mol. The number of amides is 2. The number of carbonyl (C=O) groups excluding carboxylic acids is 2. The van der Waals surface area contributed by atoms with Crippen LogP contribution in [0.3, 0.4) is 0 Å². The second-order valence-corrected chi connectivity index (χ2v) is 7.13. The molecule has 2 amide bonds. The van der Waals surface area contributed by atoms with Gasteiger partial charge < -0.3 is 20.1 Å². The minimum absolute atomic E-state index is 0.129. The third-order valence-corrected chi connectivity index (χ3v) is 5.16. The molecule has 0 fully saturated rings. The first-order valence-corrected chi connectivity index (χ1v) is 10.1.